The molecule has 3 heteroatoms. The molecule has 0 aliphatic rings. The minimum atomic E-state index is 0.362. The Hall–Kier alpha value is -0.900. The fraction of sp³-hybridized carbons (Fsp3) is 0.667. The second kappa shape index (κ2) is 9.93. The van der Waals surface area contributed by atoms with Gasteiger partial charge in [0, 0.05) is 25.2 Å². The zero-order chi connectivity index (χ0) is 15.7. The molecule has 120 valence electrons. The van der Waals surface area contributed by atoms with Gasteiger partial charge < -0.3 is 10.1 Å². The largest absolute Gasteiger partial charge is 0.383 e. The van der Waals surface area contributed by atoms with Gasteiger partial charge in [0.05, 0.1) is 6.61 Å². The van der Waals surface area contributed by atoms with Crippen LogP contribution in [-0.4, -0.2) is 43.8 Å². The molecule has 1 aromatic carbocycles. The van der Waals surface area contributed by atoms with Crippen LogP contribution >= 0.6 is 0 Å². The molecule has 1 N–H and O–H groups in total. The molecule has 0 spiro atoms. The van der Waals surface area contributed by atoms with Crippen molar-refractivity contribution in [1.82, 2.24) is 10.2 Å². The highest BCUT2D eigenvalue weighted by atomic mass is 16.5. The summed E-state index contributed by atoms with van der Waals surface area (Å²) in [4.78, 5) is 2.56. The molecule has 0 aromatic heterocycles. The highest BCUT2D eigenvalue weighted by molar-refractivity contribution is 5.21. The number of nitrogens with zero attached hydrogens (tertiary/aromatic N) is 1. The third kappa shape index (κ3) is 5.10. The molecule has 3 atom stereocenters. The summed E-state index contributed by atoms with van der Waals surface area (Å²) >= 11 is 0. The van der Waals surface area contributed by atoms with Crippen LogP contribution in [0.3, 0.4) is 0 Å². The number of benzene rings is 1. The van der Waals surface area contributed by atoms with Gasteiger partial charge in [-0.1, -0.05) is 51.1 Å². The zero-order valence-corrected chi connectivity index (χ0v) is 14.3. The fourth-order valence-electron chi connectivity index (χ4n) is 3.23. The first-order valence-electron chi connectivity index (χ1n) is 8.22. The van der Waals surface area contributed by atoms with Crippen molar-refractivity contribution in [2.45, 2.75) is 52.2 Å². The predicted molar refractivity (Wildman–Crippen MR) is 90.7 cm³/mol. The van der Waals surface area contributed by atoms with Gasteiger partial charge in [0.2, 0.25) is 0 Å². The number of rotatable bonds is 10. The number of ether oxygens (including phenoxy) is 1. The van der Waals surface area contributed by atoms with Gasteiger partial charge >= 0.3 is 0 Å². The first-order chi connectivity index (χ1) is 10.2. The molecule has 3 unspecified atom stereocenters. The van der Waals surface area contributed by atoms with Crippen LogP contribution in [0, 0.1) is 0 Å². The van der Waals surface area contributed by atoms with Gasteiger partial charge in [-0.25, -0.2) is 0 Å². The Bertz CT molecular complexity index is 369. The molecular weight excluding hydrogens is 260 g/mol. The van der Waals surface area contributed by atoms with Crippen LogP contribution in [0.2, 0.25) is 0 Å². The smallest absolute Gasteiger partial charge is 0.0615 e. The van der Waals surface area contributed by atoms with E-state index in [1.165, 1.54) is 5.56 Å². The van der Waals surface area contributed by atoms with Gasteiger partial charge in [-0.3, -0.25) is 4.90 Å². The molecule has 21 heavy (non-hydrogen) atoms. The summed E-state index contributed by atoms with van der Waals surface area (Å²) in [6, 6.07) is 12.1. The number of hydrogen-bond acceptors (Lipinski definition) is 3. The highest BCUT2D eigenvalue weighted by Crippen LogP contribution is 2.25. The van der Waals surface area contributed by atoms with Gasteiger partial charge in [0.15, 0.2) is 0 Å². The Kier molecular flexibility index (Phi) is 8.58. The number of hydrogen-bond donors (Lipinski definition) is 1. The van der Waals surface area contributed by atoms with E-state index in [1.807, 2.05) is 0 Å². The minimum absolute atomic E-state index is 0.362. The van der Waals surface area contributed by atoms with Crippen LogP contribution in [0.4, 0.5) is 0 Å². The molecule has 0 aliphatic heterocycles. The lowest BCUT2D eigenvalue weighted by Gasteiger charge is -2.40. The molecule has 0 bridgehead atoms. The average Bonchev–Trinajstić information content (AvgIpc) is 2.51. The van der Waals surface area contributed by atoms with Crippen molar-refractivity contribution in [3.05, 3.63) is 35.9 Å². The third-order valence-corrected chi connectivity index (χ3v) is 4.15. The van der Waals surface area contributed by atoms with Gasteiger partial charge in [-0.2, -0.15) is 0 Å². The molecule has 3 nitrogen and oxygen atoms in total. The molecule has 1 aromatic rings. The minimum Gasteiger partial charge on any atom is -0.383 e. The molecule has 0 fully saturated rings. The summed E-state index contributed by atoms with van der Waals surface area (Å²) in [6.07, 6.45) is 1.12. The van der Waals surface area contributed by atoms with Gasteiger partial charge in [0.1, 0.15) is 0 Å². The van der Waals surface area contributed by atoms with Gasteiger partial charge in [-0.05, 0) is 32.0 Å². The summed E-state index contributed by atoms with van der Waals surface area (Å²) in [5.41, 5.74) is 1.37. The van der Waals surface area contributed by atoms with E-state index in [4.69, 9.17) is 4.74 Å². The van der Waals surface area contributed by atoms with Crippen LogP contribution in [0.1, 0.15) is 45.7 Å². The van der Waals surface area contributed by atoms with Crippen molar-refractivity contribution in [1.29, 1.82) is 0 Å². The van der Waals surface area contributed by atoms with Crippen molar-refractivity contribution in [2.24, 2.45) is 0 Å². The second-order valence-corrected chi connectivity index (χ2v) is 5.56. The van der Waals surface area contributed by atoms with Crippen molar-refractivity contribution >= 4 is 0 Å². The van der Waals surface area contributed by atoms with Crippen molar-refractivity contribution < 1.29 is 4.74 Å². The van der Waals surface area contributed by atoms with Gasteiger partial charge in [0.25, 0.3) is 0 Å². The first-order valence-corrected chi connectivity index (χ1v) is 8.22. The van der Waals surface area contributed by atoms with E-state index in [-0.39, 0.29) is 0 Å². The third-order valence-electron chi connectivity index (χ3n) is 4.15. The number of nitrogens with one attached hydrogen (secondary N) is 1. The van der Waals surface area contributed by atoms with Crippen LogP contribution in [0.15, 0.2) is 30.3 Å². The number of likely N-dealkylation sites (N-methyl/N-ethyl adjacent to an activating group) is 2. The van der Waals surface area contributed by atoms with Crippen molar-refractivity contribution in [3.63, 3.8) is 0 Å². The van der Waals surface area contributed by atoms with Crippen molar-refractivity contribution in [3.8, 4) is 0 Å². The van der Waals surface area contributed by atoms with Crippen LogP contribution < -0.4 is 5.32 Å². The molecule has 1 rings (SSSR count). The lowest BCUT2D eigenvalue weighted by molar-refractivity contribution is 0.0568. The summed E-state index contributed by atoms with van der Waals surface area (Å²) in [6.45, 7) is 11.7. The fourth-order valence-corrected chi connectivity index (χ4v) is 3.23. The molecule has 0 amide bonds. The summed E-state index contributed by atoms with van der Waals surface area (Å²) in [7, 11) is 1.78. The van der Waals surface area contributed by atoms with E-state index in [0.717, 1.165) is 26.1 Å². The lowest BCUT2D eigenvalue weighted by atomic mass is 9.94. The van der Waals surface area contributed by atoms with E-state index in [0.29, 0.717) is 18.1 Å². The first kappa shape index (κ1) is 18.1. The lowest BCUT2D eigenvalue weighted by Crippen LogP contribution is -2.49. The SMILES string of the molecule is CCNC(c1ccccc1)C(CC)N(CC)C(C)COC. The maximum atomic E-state index is 5.36. The quantitative estimate of drug-likeness (QED) is 0.714. The Morgan fingerprint density at radius 1 is 1.14 bits per heavy atom. The zero-order valence-electron chi connectivity index (χ0n) is 14.3. The van der Waals surface area contributed by atoms with Crippen LogP contribution in [0.5, 0.6) is 0 Å². The highest BCUT2D eigenvalue weighted by Gasteiger charge is 2.28. The maximum absolute atomic E-state index is 5.36. The maximum Gasteiger partial charge on any atom is 0.0615 e. The van der Waals surface area contributed by atoms with E-state index in [2.05, 4.69) is 68.2 Å². The Morgan fingerprint density at radius 2 is 1.81 bits per heavy atom. The molecule has 0 saturated carbocycles. The Labute approximate surface area is 130 Å². The molecule has 0 radical (unpaired) electrons. The normalized spacial score (nSPS) is 15.9. The van der Waals surface area contributed by atoms with E-state index in [9.17, 15) is 0 Å². The average molecular weight is 292 g/mol. The summed E-state index contributed by atoms with van der Waals surface area (Å²) in [5, 5.41) is 3.68. The van der Waals surface area contributed by atoms with E-state index in [1.54, 1.807) is 7.11 Å². The molecule has 0 aliphatic carbocycles. The Balaban J connectivity index is 3.00. The monoisotopic (exact) mass is 292 g/mol. The van der Waals surface area contributed by atoms with Crippen LogP contribution in [0.25, 0.3) is 0 Å². The Morgan fingerprint density at radius 3 is 2.29 bits per heavy atom. The summed E-state index contributed by atoms with van der Waals surface area (Å²) in [5.74, 6) is 0. The predicted octanol–water partition coefficient (Wildman–Crippen LogP) is 3.47. The van der Waals surface area contributed by atoms with Crippen LogP contribution in [-0.2, 0) is 4.74 Å². The van der Waals surface area contributed by atoms with E-state index >= 15 is 0 Å². The summed E-state index contributed by atoms with van der Waals surface area (Å²) < 4.78 is 5.36. The molecule has 0 heterocycles. The second-order valence-electron chi connectivity index (χ2n) is 5.56. The van der Waals surface area contributed by atoms with Gasteiger partial charge in [-0.15, -0.1) is 0 Å². The number of methoxy groups -OCH3 is 1. The van der Waals surface area contributed by atoms with E-state index < -0.39 is 0 Å². The topological polar surface area (TPSA) is 24.5 Å². The van der Waals surface area contributed by atoms with Crippen molar-refractivity contribution in [2.75, 3.05) is 26.8 Å². The standard InChI is InChI=1S/C18H32N2O/c1-6-17(20(8-3)15(4)14-21-5)18(19-7-2)16-12-10-9-11-13-16/h9-13,15,17-19H,6-8,14H2,1-5H3. The molecular formula is C18H32N2O. The molecule has 0 saturated heterocycles.